The van der Waals surface area contributed by atoms with Crippen LogP contribution in [0.5, 0.6) is 0 Å². The Bertz CT molecular complexity index is 394. The molecule has 0 radical (unpaired) electrons. The van der Waals surface area contributed by atoms with E-state index in [0.717, 1.165) is 18.7 Å². The van der Waals surface area contributed by atoms with E-state index in [1.165, 1.54) is 32.1 Å². The molecule has 4 heteroatoms. The summed E-state index contributed by atoms with van der Waals surface area (Å²) in [6.45, 7) is 2.23. The van der Waals surface area contributed by atoms with Crippen LogP contribution in [0.25, 0.3) is 0 Å². The minimum absolute atomic E-state index is 0.210. The summed E-state index contributed by atoms with van der Waals surface area (Å²) in [5, 5.41) is 3.28. The normalized spacial score (nSPS) is 16.7. The molecule has 1 saturated carbocycles. The Morgan fingerprint density at radius 2 is 2.05 bits per heavy atom. The lowest BCUT2D eigenvalue weighted by Crippen LogP contribution is -2.24. The highest BCUT2D eigenvalue weighted by atomic mass is 79.9. The SMILES string of the molecule is Fc1cc(CNCCOC2CCCCC2)ccc1Br. The van der Waals surface area contributed by atoms with E-state index in [2.05, 4.69) is 21.2 Å². The lowest BCUT2D eigenvalue weighted by Gasteiger charge is -2.22. The van der Waals surface area contributed by atoms with E-state index in [0.29, 0.717) is 17.1 Å². The van der Waals surface area contributed by atoms with Crippen molar-refractivity contribution in [3.8, 4) is 0 Å². The van der Waals surface area contributed by atoms with E-state index in [4.69, 9.17) is 4.74 Å². The predicted molar refractivity (Wildman–Crippen MR) is 78.6 cm³/mol. The third-order valence-corrected chi connectivity index (χ3v) is 4.14. The molecular formula is C15H21BrFNO. The molecule has 1 fully saturated rings. The van der Waals surface area contributed by atoms with Crippen molar-refractivity contribution >= 4 is 15.9 Å². The van der Waals surface area contributed by atoms with Crippen LogP contribution in [0.3, 0.4) is 0 Å². The third kappa shape index (κ3) is 5.21. The molecule has 1 aromatic carbocycles. The van der Waals surface area contributed by atoms with Crippen LogP contribution in [0.15, 0.2) is 22.7 Å². The van der Waals surface area contributed by atoms with E-state index in [-0.39, 0.29) is 5.82 Å². The predicted octanol–water partition coefficient (Wildman–Crippen LogP) is 4.03. The summed E-state index contributed by atoms with van der Waals surface area (Å²) < 4.78 is 19.6. The summed E-state index contributed by atoms with van der Waals surface area (Å²) in [5.41, 5.74) is 0.957. The number of hydrogen-bond acceptors (Lipinski definition) is 2. The number of ether oxygens (including phenoxy) is 1. The zero-order valence-corrected chi connectivity index (χ0v) is 12.7. The van der Waals surface area contributed by atoms with Crippen LogP contribution in [0, 0.1) is 5.82 Å². The third-order valence-electron chi connectivity index (χ3n) is 3.50. The Morgan fingerprint density at radius 3 is 2.79 bits per heavy atom. The van der Waals surface area contributed by atoms with Gasteiger partial charge in [-0.2, -0.15) is 0 Å². The molecule has 2 rings (SSSR count). The maximum Gasteiger partial charge on any atom is 0.137 e. The summed E-state index contributed by atoms with van der Waals surface area (Å²) in [7, 11) is 0. The van der Waals surface area contributed by atoms with E-state index < -0.39 is 0 Å². The fourth-order valence-corrected chi connectivity index (χ4v) is 2.66. The molecule has 0 unspecified atom stereocenters. The molecular weight excluding hydrogens is 309 g/mol. The molecule has 0 aromatic heterocycles. The molecule has 19 heavy (non-hydrogen) atoms. The van der Waals surface area contributed by atoms with Crippen LogP contribution in [-0.2, 0) is 11.3 Å². The number of benzene rings is 1. The molecule has 0 heterocycles. The largest absolute Gasteiger partial charge is 0.377 e. The van der Waals surface area contributed by atoms with Crippen molar-refractivity contribution in [2.75, 3.05) is 13.2 Å². The first-order chi connectivity index (χ1) is 9.25. The lowest BCUT2D eigenvalue weighted by molar-refractivity contribution is 0.0302. The topological polar surface area (TPSA) is 21.3 Å². The van der Waals surface area contributed by atoms with Gasteiger partial charge >= 0.3 is 0 Å². The van der Waals surface area contributed by atoms with Gasteiger partial charge in [0.2, 0.25) is 0 Å². The molecule has 2 nitrogen and oxygen atoms in total. The average molecular weight is 330 g/mol. The van der Waals surface area contributed by atoms with Crippen molar-refractivity contribution in [1.29, 1.82) is 0 Å². The quantitative estimate of drug-likeness (QED) is 0.795. The molecule has 0 bridgehead atoms. The number of hydrogen-bond donors (Lipinski definition) is 1. The van der Waals surface area contributed by atoms with Crippen LogP contribution in [-0.4, -0.2) is 19.3 Å². The van der Waals surface area contributed by atoms with Crippen molar-refractivity contribution in [2.45, 2.75) is 44.8 Å². The van der Waals surface area contributed by atoms with Gasteiger partial charge in [-0.1, -0.05) is 25.3 Å². The number of rotatable bonds is 6. The Labute approximate surface area is 122 Å². The first-order valence-corrected chi connectivity index (χ1v) is 7.81. The van der Waals surface area contributed by atoms with Gasteiger partial charge in [-0.25, -0.2) is 4.39 Å². The number of halogens is 2. The second-order valence-electron chi connectivity index (χ2n) is 5.06. The van der Waals surface area contributed by atoms with Crippen molar-refractivity contribution in [3.05, 3.63) is 34.1 Å². The number of nitrogens with one attached hydrogen (secondary N) is 1. The lowest BCUT2D eigenvalue weighted by atomic mass is 9.98. The highest BCUT2D eigenvalue weighted by Crippen LogP contribution is 2.20. The van der Waals surface area contributed by atoms with E-state index >= 15 is 0 Å². The van der Waals surface area contributed by atoms with Gasteiger partial charge in [-0.15, -0.1) is 0 Å². The maximum atomic E-state index is 13.3. The second-order valence-corrected chi connectivity index (χ2v) is 5.91. The zero-order chi connectivity index (χ0) is 13.5. The van der Waals surface area contributed by atoms with Gasteiger partial charge in [0.1, 0.15) is 5.82 Å². The Morgan fingerprint density at radius 1 is 1.26 bits per heavy atom. The van der Waals surface area contributed by atoms with Gasteiger partial charge in [0.15, 0.2) is 0 Å². The molecule has 106 valence electrons. The molecule has 0 atom stereocenters. The van der Waals surface area contributed by atoms with Crippen molar-refractivity contribution < 1.29 is 9.13 Å². The first-order valence-electron chi connectivity index (χ1n) is 7.02. The molecule has 0 saturated heterocycles. The van der Waals surface area contributed by atoms with Crippen LogP contribution < -0.4 is 5.32 Å². The van der Waals surface area contributed by atoms with Crippen molar-refractivity contribution in [1.82, 2.24) is 5.32 Å². The van der Waals surface area contributed by atoms with E-state index in [1.807, 2.05) is 6.07 Å². The van der Waals surface area contributed by atoms with E-state index in [1.54, 1.807) is 12.1 Å². The smallest absolute Gasteiger partial charge is 0.137 e. The van der Waals surface area contributed by atoms with Gasteiger partial charge in [0, 0.05) is 13.1 Å². The Kier molecular flexibility index (Phi) is 6.28. The van der Waals surface area contributed by atoms with Gasteiger partial charge < -0.3 is 10.1 Å². The van der Waals surface area contributed by atoms with Crippen LogP contribution >= 0.6 is 15.9 Å². The molecule has 1 aliphatic rings. The van der Waals surface area contributed by atoms with Gasteiger partial charge in [-0.3, -0.25) is 0 Å². The molecule has 0 aliphatic heterocycles. The van der Waals surface area contributed by atoms with Crippen LogP contribution in [0.1, 0.15) is 37.7 Å². The standard InChI is InChI=1S/C15H21BrFNO/c16-14-7-6-12(10-15(14)17)11-18-8-9-19-13-4-2-1-3-5-13/h6-7,10,13,18H,1-5,8-9,11H2. The van der Waals surface area contributed by atoms with Crippen molar-refractivity contribution in [3.63, 3.8) is 0 Å². The summed E-state index contributed by atoms with van der Waals surface area (Å²) >= 11 is 3.15. The summed E-state index contributed by atoms with van der Waals surface area (Å²) in [4.78, 5) is 0. The molecule has 0 amide bonds. The van der Waals surface area contributed by atoms with Crippen molar-refractivity contribution in [2.24, 2.45) is 0 Å². The highest BCUT2D eigenvalue weighted by molar-refractivity contribution is 9.10. The fraction of sp³-hybridized carbons (Fsp3) is 0.600. The highest BCUT2D eigenvalue weighted by Gasteiger charge is 2.12. The Balaban J connectivity index is 1.59. The molecule has 1 N–H and O–H groups in total. The first kappa shape index (κ1) is 14.9. The average Bonchev–Trinajstić information content (AvgIpc) is 2.43. The zero-order valence-electron chi connectivity index (χ0n) is 11.1. The summed E-state index contributed by atoms with van der Waals surface area (Å²) in [5.74, 6) is -0.210. The fourth-order valence-electron chi connectivity index (χ4n) is 2.41. The second kappa shape index (κ2) is 7.98. The van der Waals surface area contributed by atoms with Crippen LogP contribution in [0.4, 0.5) is 4.39 Å². The van der Waals surface area contributed by atoms with Gasteiger partial charge in [-0.05, 0) is 46.5 Å². The maximum absolute atomic E-state index is 13.3. The van der Waals surface area contributed by atoms with Crippen LogP contribution in [0.2, 0.25) is 0 Å². The molecule has 0 spiro atoms. The van der Waals surface area contributed by atoms with Gasteiger partial charge in [0.05, 0.1) is 17.2 Å². The van der Waals surface area contributed by atoms with E-state index in [9.17, 15) is 4.39 Å². The monoisotopic (exact) mass is 329 g/mol. The minimum atomic E-state index is -0.210. The Hall–Kier alpha value is -0.450. The molecule has 1 aromatic rings. The van der Waals surface area contributed by atoms with Gasteiger partial charge in [0.25, 0.3) is 0 Å². The summed E-state index contributed by atoms with van der Waals surface area (Å²) in [6, 6.07) is 5.21. The molecule has 1 aliphatic carbocycles. The minimum Gasteiger partial charge on any atom is -0.377 e. The summed E-state index contributed by atoms with van der Waals surface area (Å²) in [6.07, 6.45) is 6.83.